The molecule has 94 valence electrons. The summed E-state index contributed by atoms with van der Waals surface area (Å²) in [5.41, 5.74) is 12.6. The molecule has 0 heterocycles. The van der Waals surface area contributed by atoms with E-state index in [2.05, 4.69) is 10.9 Å². The van der Waals surface area contributed by atoms with Gasteiger partial charge in [0.2, 0.25) is 0 Å². The van der Waals surface area contributed by atoms with Crippen LogP contribution in [-0.4, -0.2) is 19.6 Å². The van der Waals surface area contributed by atoms with E-state index in [1.165, 1.54) is 0 Å². The molecule has 0 aliphatic carbocycles. The molecule has 0 aliphatic heterocycles. The number of amides is 1. The Kier molecular flexibility index (Phi) is 4.93. The molecule has 0 aromatic heterocycles. The number of hydrazine groups is 1. The minimum Gasteiger partial charge on any atom is -0.494 e. The summed E-state index contributed by atoms with van der Waals surface area (Å²) in [5.74, 6) is 0.550. The molecule has 1 aromatic carbocycles. The molecule has 17 heavy (non-hydrogen) atoms. The van der Waals surface area contributed by atoms with Crippen molar-refractivity contribution in [1.82, 2.24) is 10.9 Å². The van der Waals surface area contributed by atoms with E-state index < -0.39 is 6.04 Å². The predicted molar refractivity (Wildman–Crippen MR) is 66.5 cm³/mol. The largest absolute Gasteiger partial charge is 0.494 e. The van der Waals surface area contributed by atoms with E-state index in [1.54, 1.807) is 13.1 Å². The van der Waals surface area contributed by atoms with Crippen LogP contribution >= 0.6 is 0 Å². The minimum atomic E-state index is -0.683. The Morgan fingerprint density at radius 2 is 2.24 bits per heavy atom. The van der Waals surface area contributed by atoms with Crippen molar-refractivity contribution in [3.8, 4) is 5.75 Å². The summed E-state index contributed by atoms with van der Waals surface area (Å²) in [5, 5.41) is 0. The van der Waals surface area contributed by atoms with Crippen LogP contribution in [0.25, 0.3) is 0 Å². The van der Waals surface area contributed by atoms with Gasteiger partial charge >= 0.3 is 0 Å². The van der Waals surface area contributed by atoms with Gasteiger partial charge in [-0.15, -0.1) is 0 Å². The number of benzene rings is 1. The summed E-state index contributed by atoms with van der Waals surface area (Å²) in [6.45, 7) is 4.48. The second-order valence-electron chi connectivity index (χ2n) is 3.67. The fourth-order valence-electron chi connectivity index (χ4n) is 1.54. The van der Waals surface area contributed by atoms with Crippen LogP contribution in [0.3, 0.4) is 0 Å². The number of hydrogen-bond acceptors (Lipinski definition) is 4. The van der Waals surface area contributed by atoms with E-state index in [1.807, 2.05) is 26.0 Å². The zero-order valence-corrected chi connectivity index (χ0v) is 10.4. The predicted octanol–water partition coefficient (Wildman–Crippen LogP) is 0.644. The highest BCUT2D eigenvalue weighted by Gasteiger charge is 2.15. The summed E-state index contributed by atoms with van der Waals surface area (Å²) < 4.78 is 5.43. The van der Waals surface area contributed by atoms with Gasteiger partial charge in [-0.1, -0.05) is 12.1 Å². The Balaban J connectivity index is 2.85. The maximum atomic E-state index is 11.5. The topological polar surface area (TPSA) is 76.4 Å². The quantitative estimate of drug-likeness (QED) is 0.657. The van der Waals surface area contributed by atoms with Crippen molar-refractivity contribution in [2.24, 2.45) is 5.73 Å². The van der Waals surface area contributed by atoms with Crippen LogP contribution < -0.4 is 21.3 Å². The van der Waals surface area contributed by atoms with Gasteiger partial charge in [0.25, 0.3) is 5.91 Å². The first-order chi connectivity index (χ1) is 8.10. The standard InChI is InChI=1S/C12H19N3O2/c1-4-17-10-6-5-9(7-8(10)2)11(13)12(16)15-14-3/h5-7,11,14H,4,13H2,1-3H3,(H,15,16). The van der Waals surface area contributed by atoms with Gasteiger partial charge in [0.15, 0.2) is 0 Å². The van der Waals surface area contributed by atoms with Crippen LogP contribution in [0.4, 0.5) is 0 Å². The lowest BCUT2D eigenvalue weighted by molar-refractivity contribution is -0.123. The van der Waals surface area contributed by atoms with Gasteiger partial charge < -0.3 is 10.5 Å². The van der Waals surface area contributed by atoms with Crippen LogP contribution in [0.15, 0.2) is 18.2 Å². The van der Waals surface area contributed by atoms with Gasteiger partial charge in [0.05, 0.1) is 6.61 Å². The van der Waals surface area contributed by atoms with Crippen molar-refractivity contribution in [1.29, 1.82) is 0 Å². The van der Waals surface area contributed by atoms with E-state index >= 15 is 0 Å². The van der Waals surface area contributed by atoms with Crippen LogP contribution in [0, 0.1) is 6.92 Å². The average Bonchev–Trinajstić information content (AvgIpc) is 2.31. The number of nitrogens with two attached hydrogens (primary N) is 1. The second kappa shape index (κ2) is 6.22. The van der Waals surface area contributed by atoms with Crippen LogP contribution in [-0.2, 0) is 4.79 Å². The third-order valence-electron chi connectivity index (χ3n) is 2.39. The molecule has 1 amide bonds. The molecule has 0 bridgehead atoms. The first-order valence-corrected chi connectivity index (χ1v) is 5.55. The lowest BCUT2D eigenvalue weighted by Crippen LogP contribution is -2.40. The molecule has 0 saturated heterocycles. The summed E-state index contributed by atoms with van der Waals surface area (Å²) in [7, 11) is 1.62. The van der Waals surface area contributed by atoms with Gasteiger partial charge in [-0.05, 0) is 31.0 Å². The smallest absolute Gasteiger partial charge is 0.255 e. The fraction of sp³-hybridized carbons (Fsp3) is 0.417. The Bertz CT molecular complexity index is 393. The average molecular weight is 237 g/mol. The lowest BCUT2D eigenvalue weighted by Gasteiger charge is -2.14. The van der Waals surface area contributed by atoms with E-state index in [0.717, 1.165) is 16.9 Å². The Hall–Kier alpha value is -1.59. The third-order valence-corrected chi connectivity index (χ3v) is 2.39. The summed E-state index contributed by atoms with van der Waals surface area (Å²) in [6.07, 6.45) is 0. The van der Waals surface area contributed by atoms with E-state index in [0.29, 0.717) is 6.61 Å². The molecule has 1 rings (SSSR count). The van der Waals surface area contributed by atoms with Crippen molar-refractivity contribution >= 4 is 5.91 Å². The molecular weight excluding hydrogens is 218 g/mol. The minimum absolute atomic E-state index is 0.268. The fourth-order valence-corrected chi connectivity index (χ4v) is 1.54. The SMILES string of the molecule is CCOc1ccc(C(N)C(=O)NNC)cc1C. The maximum Gasteiger partial charge on any atom is 0.255 e. The zero-order valence-electron chi connectivity index (χ0n) is 10.4. The molecule has 5 nitrogen and oxygen atoms in total. The Morgan fingerprint density at radius 3 is 2.76 bits per heavy atom. The molecule has 0 saturated carbocycles. The first kappa shape index (κ1) is 13.5. The lowest BCUT2D eigenvalue weighted by atomic mass is 10.0. The van der Waals surface area contributed by atoms with Gasteiger partial charge in [-0.3, -0.25) is 10.2 Å². The highest BCUT2D eigenvalue weighted by Crippen LogP contribution is 2.22. The van der Waals surface area contributed by atoms with Gasteiger partial charge in [0.1, 0.15) is 11.8 Å². The Morgan fingerprint density at radius 1 is 1.53 bits per heavy atom. The van der Waals surface area contributed by atoms with Crippen LogP contribution in [0.2, 0.25) is 0 Å². The maximum absolute atomic E-state index is 11.5. The molecule has 1 unspecified atom stereocenters. The molecule has 0 spiro atoms. The van der Waals surface area contributed by atoms with Crippen LogP contribution in [0.5, 0.6) is 5.75 Å². The zero-order chi connectivity index (χ0) is 12.8. The molecule has 1 atom stereocenters. The van der Waals surface area contributed by atoms with Crippen LogP contribution in [0.1, 0.15) is 24.1 Å². The van der Waals surface area contributed by atoms with Crippen molar-refractivity contribution in [2.75, 3.05) is 13.7 Å². The van der Waals surface area contributed by atoms with E-state index in [4.69, 9.17) is 10.5 Å². The van der Waals surface area contributed by atoms with Gasteiger partial charge in [-0.2, -0.15) is 0 Å². The van der Waals surface area contributed by atoms with Crippen molar-refractivity contribution in [2.45, 2.75) is 19.9 Å². The van der Waals surface area contributed by atoms with E-state index in [9.17, 15) is 4.79 Å². The summed E-state index contributed by atoms with van der Waals surface area (Å²) >= 11 is 0. The highest BCUT2D eigenvalue weighted by molar-refractivity contribution is 5.82. The Labute approximate surface area is 101 Å². The van der Waals surface area contributed by atoms with Gasteiger partial charge in [-0.25, -0.2) is 5.43 Å². The molecule has 5 heteroatoms. The summed E-state index contributed by atoms with van der Waals surface area (Å²) in [6, 6.07) is 4.82. The number of hydrogen-bond donors (Lipinski definition) is 3. The van der Waals surface area contributed by atoms with Crippen molar-refractivity contribution in [3.63, 3.8) is 0 Å². The number of ether oxygens (including phenoxy) is 1. The normalized spacial score (nSPS) is 12.0. The van der Waals surface area contributed by atoms with Gasteiger partial charge in [0, 0.05) is 7.05 Å². The third kappa shape index (κ3) is 3.44. The number of nitrogens with one attached hydrogen (secondary N) is 2. The molecule has 0 aliphatic rings. The van der Waals surface area contributed by atoms with E-state index in [-0.39, 0.29) is 5.91 Å². The van der Waals surface area contributed by atoms with Crippen molar-refractivity contribution in [3.05, 3.63) is 29.3 Å². The number of carbonyl (C=O) groups excluding carboxylic acids is 1. The summed E-state index contributed by atoms with van der Waals surface area (Å²) in [4.78, 5) is 11.5. The molecule has 4 N–H and O–H groups in total. The molecule has 1 aromatic rings. The highest BCUT2D eigenvalue weighted by atomic mass is 16.5. The number of rotatable bonds is 5. The molecule has 0 fully saturated rings. The molecular formula is C12H19N3O2. The van der Waals surface area contributed by atoms with Crippen molar-refractivity contribution < 1.29 is 9.53 Å². The number of aryl methyl sites for hydroxylation is 1. The first-order valence-electron chi connectivity index (χ1n) is 5.55. The number of carbonyl (C=O) groups is 1. The second-order valence-corrected chi connectivity index (χ2v) is 3.67. The molecule has 0 radical (unpaired) electrons. The monoisotopic (exact) mass is 237 g/mol.